The van der Waals surface area contributed by atoms with Gasteiger partial charge in [-0.3, -0.25) is 14.5 Å². The fraction of sp³-hybridized carbons (Fsp3) is 0.364. The molecule has 1 unspecified atom stereocenters. The second-order valence-corrected chi connectivity index (χ2v) is 7.78. The molecule has 0 fully saturated rings. The Bertz CT molecular complexity index is 905. The molecule has 0 aliphatic heterocycles. The molecule has 2 N–H and O–H groups in total. The van der Waals surface area contributed by atoms with E-state index in [1.54, 1.807) is 24.3 Å². The number of carbonyl (C=O) groups is 2. The number of methoxy groups -OCH3 is 1. The zero-order chi connectivity index (χ0) is 22.3. The maximum Gasteiger partial charge on any atom is 0.238 e. The van der Waals surface area contributed by atoms with Crippen molar-refractivity contribution in [3.05, 3.63) is 52.0 Å². The number of halogens is 2. The number of amides is 2. The molecule has 0 radical (unpaired) electrons. The molecule has 0 spiro atoms. The average molecular weight is 452 g/mol. The van der Waals surface area contributed by atoms with Crippen LogP contribution in [0, 0.1) is 0 Å². The highest BCUT2D eigenvalue weighted by atomic mass is 35.5. The fourth-order valence-electron chi connectivity index (χ4n) is 3.14. The van der Waals surface area contributed by atoms with E-state index in [4.69, 9.17) is 27.9 Å². The Morgan fingerprint density at radius 1 is 1.10 bits per heavy atom. The maximum absolute atomic E-state index is 12.8. The van der Waals surface area contributed by atoms with Crippen molar-refractivity contribution in [1.82, 2.24) is 4.90 Å². The lowest BCUT2D eigenvalue weighted by molar-refractivity contribution is -0.118. The number of anilines is 2. The highest BCUT2D eigenvalue weighted by Gasteiger charge is 2.20. The van der Waals surface area contributed by atoms with E-state index in [0.29, 0.717) is 27.2 Å². The first kappa shape index (κ1) is 24.0. The first-order chi connectivity index (χ1) is 14.2. The number of rotatable bonds is 9. The second-order valence-electron chi connectivity index (χ2n) is 6.96. The standard InChI is InChI=1S/C22H27Cl2N3O3/c1-5-10-27(14(2)16-6-8-18(23)19(24)11-16)13-22(29)26-20-12-17(25-15(3)28)7-9-21(20)30-4/h6-9,11-12,14H,5,10,13H2,1-4H3,(H,25,28)(H,26,29). The molecular formula is C22H27Cl2N3O3. The van der Waals surface area contributed by atoms with Crippen molar-refractivity contribution in [3.63, 3.8) is 0 Å². The summed E-state index contributed by atoms with van der Waals surface area (Å²) < 4.78 is 5.33. The van der Waals surface area contributed by atoms with Crippen LogP contribution in [0.5, 0.6) is 5.75 Å². The third-order valence-corrected chi connectivity index (χ3v) is 5.36. The van der Waals surface area contributed by atoms with E-state index in [1.807, 2.05) is 19.1 Å². The smallest absolute Gasteiger partial charge is 0.238 e. The van der Waals surface area contributed by atoms with Gasteiger partial charge in [0.05, 0.1) is 29.4 Å². The summed E-state index contributed by atoms with van der Waals surface area (Å²) in [6, 6.07) is 10.6. The topological polar surface area (TPSA) is 70.7 Å². The van der Waals surface area contributed by atoms with Crippen molar-refractivity contribution in [1.29, 1.82) is 0 Å². The van der Waals surface area contributed by atoms with Gasteiger partial charge in [0.15, 0.2) is 0 Å². The molecule has 30 heavy (non-hydrogen) atoms. The van der Waals surface area contributed by atoms with E-state index in [0.717, 1.165) is 18.5 Å². The lowest BCUT2D eigenvalue weighted by Crippen LogP contribution is -2.36. The molecule has 0 saturated heterocycles. The number of nitrogens with one attached hydrogen (secondary N) is 2. The van der Waals surface area contributed by atoms with Crippen LogP contribution in [0.4, 0.5) is 11.4 Å². The molecule has 162 valence electrons. The minimum atomic E-state index is -0.193. The predicted molar refractivity (Wildman–Crippen MR) is 123 cm³/mol. The molecule has 2 aromatic carbocycles. The first-order valence-corrected chi connectivity index (χ1v) is 10.4. The lowest BCUT2D eigenvalue weighted by Gasteiger charge is -2.29. The molecule has 1 atom stereocenters. The highest BCUT2D eigenvalue weighted by molar-refractivity contribution is 6.42. The highest BCUT2D eigenvalue weighted by Crippen LogP contribution is 2.30. The first-order valence-electron chi connectivity index (χ1n) is 9.69. The van der Waals surface area contributed by atoms with Crippen LogP contribution >= 0.6 is 23.2 Å². The van der Waals surface area contributed by atoms with Crippen LogP contribution in [0.15, 0.2) is 36.4 Å². The summed E-state index contributed by atoms with van der Waals surface area (Å²) >= 11 is 12.2. The quantitative estimate of drug-likeness (QED) is 0.537. The Balaban J connectivity index is 2.16. The van der Waals surface area contributed by atoms with Crippen LogP contribution in [0.25, 0.3) is 0 Å². The van der Waals surface area contributed by atoms with Gasteiger partial charge in [0.1, 0.15) is 5.75 Å². The van der Waals surface area contributed by atoms with E-state index in [1.165, 1.54) is 14.0 Å². The average Bonchev–Trinajstić information content (AvgIpc) is 2.69. The summed E-state index contributed by atoms with van der Waals surface area (Å²) in [4.78, 5) is 26.2. The van der Waals surface area contributed by atoms with Gasteiger partial charge in [-0.1, -0.05) is 36.2 Å². The molecule has 8 heteroatoms. The normalized spacial score (nSPS) is 11.8. The summed E-state index contributed by atoms with van der Waals surface area (Å²) in [5.74, 6) is 0.132. The largest absolute Gasteiger partial charge is 0.495 e. The Kier molecular flexibility index (Phi) is 8.96. The minimum Gasteiger partial charge on any atom is -0.495 e. The number of hydrogen-bond donors (Lipinski definition) is 2. The van der Waals surface area contributed by atoms with Gasteiger partial charge >= 0.3 is 0 Å². The van der Waals surface area contributed by atoms with Crippen LogP contribution in [0.3, 0.4) is 0 Å². The van der Waals surface area contributed by atoms with Crippen molar-refractivity contribution >= 4 is 46.4 Å². The van der Waals surface area contributed by atoms with Crippen molar-refractivity contribution in [3.8, 4) is 5.75 Å². The molecule has 0 aromatic heterocycles. The van der Waals surface area contributed by atoms with Gasteiger partial charge in [-0.05, 0) is 55.8 Å². The summed E-state index contributed by atoms with van der Waals surface area (Å²) in [5, 5.41) is 6.57. The third-order valence-electron chi connectivity index (χ3n) is 4.63. The molecule has 0 aliphatic carbocycles. The molecular weight excluding hydrogens is 425 g/mol. The number of ether oxygens (including phenoxy) is 1. The van der Waals surface area contributed by atoms with Gasteiger partial charge in [0.25, 0.3) is 0 Å². The van der Waals surface area contributed by atoms with Crippen LogP contribution in [-0.2, 0) is 9.59 Å². The van der Waals surface area contributed by atoms with Gasteiger partial charge in [0.2, 0.25) is 11.8 Å². The van der Waals surface area contributed by atoms with Crippen molar-refractivity contribution in [2.45, 2.75) is 33.2 Å². The van der Waals surface area contributed by atoms with Crippen LogP contribution in [0.1, 0.15) is 38.8 Å². The predicted octanol–water partition coefficient (Wildman–Crippen LogP) is 5.37. The van der Waals surface area contributed by atoms with Gasteiger partial charge in [-0.25, -0.2) is 0 Å². The Hall–Kier alpha value is -2.28. The van der Waals surface area contributed by atoms with E-state index in [-0.39, 0.29) is 24.4 Å². The second kappa shape index (κ2) is 11.2. The van der Waals surface area contributed by atoms with E-state index >= 15 is 0 Å². The maximum atomic E-state index is 12.8. The van der Waals surface area contributed by atoms with Crippen molar-refractivity contribution in [2.24, 2.45) is 0 Å². The van der Waals surface area contributed by atoms with Crippen LogP contribution < -0.4 is 15.4 Å². The molecule has 0 saturated carbocycles. The summed E-state index contributed by atoms with van der Waals surface area (Å²) in [6.07, 6.45) is 0.889. The molecule has 2 amide bonds. The zero-order valence-electron chi connectivity index (χ0n) is 17.6. The van der Waals surface area contributed by atoms with Gasteiger partial charge in [-0.2, -0.15) is 0 Å². The Morgan fingerprint density at radius 3 is 2.43 bits per heavy atom. The Morgan fingerprint density at radius 2 is 1.83 bits per heavy atom. The van der Waals surface area contributed by atoms with E-state index in [9.17, 15) is 9.59 Å². The molecule has 0 bridgehead atoms. The molecule has 0 aliphatic rings. The summed E-state index contributed by atoms with van der Waals surface area (Å²) in [6.45, 7) is 6.43. The van der Waals surface area contributed by atoms with Crippen LogP contribution in [0.2, 0.25) is 10.0 Å². The number of benzene rings is 2. The van der Waals surface area contributed by atoms with E-state index in [2.05, 4.69) is 22.5 Å². The number of carbonyl (C=O) groups excluding carboxylic acids is 2. The zero-order valence-corrected chi connectivity index (χ0v) is 19.1. The summed E-state index contributed by atoms with van der Waals surface area (Å²) in [7, 11) is 1.53. The fourth-order valence-corrected chi connectivity index (χ4v) is 3.45. The molecule has 2 rings (SSSR count). The number of nitrogens with zero attached hydrogens (tertiary/aromatic N) is 1. The van der Waals surface area contributed by atoms with E-state index < -0.39 is 0 Å². The lowest BCUT2D eigenvalue weighted by atomic mass is 10.1. The SMILES string of the molecule is CCCN(CC(=O)Nc1cc(NC(C)=O)ccc1OC)C(C)c1ccc(Cl)c(Cl)c1. The Labute approximate surface area is 187 Å². The number of hydrogen-bond acceptors (Lipinski definition) is 4. The minimum absolute atomic E-state index is 0.0296. The summed E-state index contributed by atoms with van der Waals surface area (Å²) in [5.41, 5.74) is 2.05. The molecule has 0 heterocycles. The molecule has 6 nitrogen and oxygen atoms in total. The monoisotopic (exact) mass is 451 g/mol. The van der Waals surface area contributed by atoms with Gasteiger partial charge < -0.3 is 15.4 Å². The van der Waals surface area contributed by atoms with Gasteiger partial charge in [-0.15, -0.1) is 0 Å². The van der Waals surface area contributed by atoms with Crippen molar-refractivity contribution < 1.29 is 14.3 Å². The third kappa shape index (κ3) is 6.62. The van der Waals surface area contributed by atoms with Gasteiger partial charge in [0, 0.05) is 18.7 Å². The van der Waals surface area contributed by atoms with Crippen molar-refractivity contribution in [2.75, 3.05) is 30.8 Å². The van der Waals surface area contributed by atoms with Crippen LogP contribution in [-0.4, -0.2) is 36.9 Å². The molecule has 2 aromatic rings.